The summed E-state index contributed by atoms with van der Waals surface area (Å²) in [6.07, 6.45) is 5.40. The van der Waals surface area contributed by atoms with Crippen molar-refractivity contribution in [3.63, 3.8) is 0 Å². The number of amides is 2. The number of aromatic nitrogens is 2. The fourth-order valence-electron chi connectivity index (χ4n) is 3.92. The lowest BCUT2D eigenvalue weighted by Gasteiger charge is -2.23. The average molecular weight is 559 g/mol. The number of nitrogens with one attached hydrogen (secondary N) is 1. The van der Waals surface area contributed by atoms with E-state index in [1.165, 1.54) is 11.3 Å². The number of benzene rings is 2. The number of carbonyl (C=O) groups excluding carboxylic acids is 2. The van der Waals surface area contributed by atoms with Crippen molar-refractivity contribution >= 4 is 39.9 Å². The highest BCUT2D eigenvalue weighted by atomic mass is 35.5. The molecular weight excluding hydrogens is 524 g/mol. The summed E-state index contributed by atoms with van der Waals surface area (Å²) in [6, 6.07) is 13.0. The van der Waals surface area contributed by atoms with Gasteiger partial charge >= 0.3 is 0 Å². The van der Waals surface area contributed by atoms with Gasteiger partial charge in [0.25, 0.3) is 0 Å². The lowest BCUT2D eigenvalue weighted by atomic mass is 10.1. The first-order valence-corrected chi connectivity index (χ1v) is 14.0. The summed E-state index contributed by atoms with van der Waals surface area (Å²) in [6.45, 7) is 2.98. The number of hydrogen-bond donors (Lipinski definition) is 1. The predicted octanol–water partition coefficient (Wildman–Crippen LogP) is 6.25. The van der Waals surface area contributed by atoms with E-state index >= 15 is 0 Å². The molecule has 0 bridgehead atoms. The number of rotatable bonds is 15. The first-order valence-electron chi connectivity index (χ1n) is 12.8. The van der Waals surface area contributed by atoms with Gasteiger partial charge in [0.1, 0.15) is 5.01 Å². The van der Waals surface area contributed by atoms with Crippen molar-refractivity contribution < 1.29 is 19.1 Å². The van der Waals surface area contributed by atoms with E-state index in [1.807, 2.05) is 30.3 Å². The molecule has 0 unspecified atom stereocenters. The normalized spacial score (nSPS) is 10.7. The minimum atomic E-state index is -0.210. The van der Waals surface area contributed by atoms with Crippen LogP contribution in [0, 0.1) is 0 Å². The maximum atomic E-state index is 13.0. The third kappa shape index (κ3) is 8.99. The molecule has 0 aliphatic rings. The zero-order chi connectivity index (χ0) is 27.3. The number of ether oxygens (including phenoxy) is 2. The molecule has 0 atom stereocenters. The van der Waals surface area contributed by atoms with Crippen molar-refractivity contribution in [1.82, 2.24) is 15.1 Å². The van der Waals surface area contributed by atoms with Crippen LogP contribution in [0.3, 0.4) is 0 Å². The summed E-state index contributed by atoms with van der Waals surface area (Å²) in [4.78, 5) is 27.5. The van der Waals surface area contributed by atoms with Crippen LogP contribution in [0.4, 0.5) is 5.13 Å². The van der Waals surface area contributed by atoms with Gasteiger partial charge in [-0.1, -0.05) is 67.3 Å². The molecule has 0 saturated carbocycles. The fourth-order valence-corrected chi connectivity index (χ4v) is 4.81. The van der Waals surface area contributed by atoms with Gasteiger partial charge in [0.2, 0.25) is 16.9 Å². The maximum absolute atomic E-state index is 13.0. The minimum Gasteiger partial charge on any atom is -0.493 e. The van der Waals surface area contributed by atoms with Crippen molar-refractivity contribution in [2.75, 3.05) is 32.6 Å². The first kappa shape index (κ1) is 29.4. The highest BCUT2D eigenvalue weighted by Gasteiger charge is 2.17. The van der Waals surface area contributed by atoms with Crippen LogP contribution in [-0.4, -0.2) is 54.2 Å². The molecule has 0 aliphatic heterocycles. The topological polar surface area (TPSA) is 93.7 Å². The Labute approximate surface area is 233 Å². The molecule has 8 nitrogen and oxygen atoms in total. The summed E-state index contributed by atoms with van der Waals surface area (Å²) in [7, 11) is 3.20. The van der Waals surface area contributed by atoms with Crippen molar-refractivity contribution in [2.45, 2.75) is 51.9 Å². The van der Waals surface area contributed by atoms with Crippen molar-refractivity contribution in [1.29, 1.82) is 0 Å². The molecule has 3 rings (SSSR count). The van der Waals surface area contributed by atoms with Gasteiger partial charge in [0.05, 0.1) is 14.2 Å². The molecule has 0 saturated heterocycles. The van der Waals surface area contributed by atoms with E-state index in [9.17, 15) is 9.59 Å². The third-order valence-electron chi connectivity index (χ3n) is 6.09. The Morgan fingerprint density at radius 2 is 1.71 bits per heavy atom. The van der Waals surface area contributed by atoms with E-state index in [4.69, 9.17) is 21.1 Å². The Bertz CT molecular complexity index is 1190. The average Bonchev–Trinajstić information content (AvgIpc) is 3.39. The van der Waals surface area contributed by atoms with E-state index in [-0.39, 0.29) is 18.2 Å². The monoisotopic (exact) mass is 558 g/mol. The molecule has 3 aromatic rings. The number of nitrogens with zero attached hydrogens (tertiary/aromatic N) is 3. The fraction of sp³-hybridized carbons (Fsp3) is 0.429. The molecule has 1 aromatic heterocycles. The number of carbonyl (C=O) groups is 2. The first-order chi connectivity index (χ1) is 18.4. The highest BCUT2D eigenvalue weighted by molar-refractivity contribution is 7.18. The lowest BCUT2D eigenvalue weighted by molar-refractivity contribution is -0.131. The van der Waals surface area contributed by atoms with Gasteiger partial charge < -0.3 is 19.7 Å². The third-order valence-corrected chi connectivity index (χ3v) is 7.23. The van der Waals surface area contributed by atoms with Crippen LogP contribution < -0.4 is 14.8 Å². The van der Waals surface area contributed by atoms with Crippen LogP contribution in [0.5, 0.6) is 11.5 Å². The van der Waals surface area contributed by atoms with Crippen LogP contribution in [0.1, 0.15) is 51.0 Å². The van der Waals surface area contributed by atoms with Gasteiger partial charge in [-0.3, -0.25) is 9.59 Å². The Morgan fingerprint density at radius 3 is 2.42 bits per heavy atom. The van der Waals surface area contributed by atoms with Crippen molar-refractivity contribution in [3.8, 4) is 22.1 Å². The van der Waals surface area contributed by atoms with Gasteiger partial charge in [-0.05, 0) is 42.7 Å². The quantitative estimate of drug-likeness (QED) is 0.222. The largest absolute Gasteiger partial charge is 0.493 e. The number of halogens is 1. The lowest BCUT2D eigenvalue weighted by Crippen LogP contribution is -2.35. The van der Waals surface area contributed by atoms with Gasteiger partial charge in [0, 0.05) is 36.5 Å². The van der Waals surface area contributed by atoms with Gasteiger partial charge in [-0.2, -0.15) is 0 Å². The second-order valence-electron chi connectivity index (χ2n) is 8.85. The molecule has 10 heteroatoms. The zero-order valence-electron chi connectivity index (χ0n) is 22.2. The molecule has 0 spiro atoms. The van der Waals surface area contributed by atoms with Crippen LogP contribution >= 0.6 is 22.9 Å². The van der Waals surface area contributed by atoms with Crippen LogP contribution in [-0.2, 0) is 16.0 Å². The summed E-state index contributed by atoms with van der Waals surface area (Å²) < 4.78 is 10.7. The molecule has 1 N–H and O–H groups in total. The Balaban J connectivity index is 1.58. The number of unbranched alkanes of at least 4 members (excludes halogenated alkanes) is 3. The van der Waals surface area contributed by atoms with Crippen LogP contribution in [0.2, 0.25) is 5.02 Å². The van der Waals surface area contributed by atoms with Gasteiger partial charge in [-0.25, -0.2) is 0 Å². The summed E-state index contributed by atoms with van der Waals surface area (Å²) >= 11 is 7.24. The molecule has 204 valence electrons. The number of methoxy groups -OCH3 is 2. The van der Waals surface area contributed by atoms with Gasteiger partial charge in [-0.15, -0.1) is 10.2 Å². The molecule has 0 radical (unpaired) electrons. The van der Waals surface area contributed by atoms with Gasteiger partial charge in [0.15, 0.2) is 11.5 Å². The van der Waals surface area contributed by atoms with Crippen LogP contribution in [0.15, 0.2) is 42.5 Å². The van der Waals surface area contributed by atoms with E-state index in [0.29, 0.717) is 52.6 Å². The Hall–Kier alpha value is -3.17. The molecule has 2 aromatic carbocycles. The molecule has 0 aliphatic carbocycles. The van der Waals surface area contributed by atoms with Crippen LogP contribution in [0.25, 0.3) is 10.6 Å². The molecule has 0 fully saturated rings. The minimum absolute atomic E-state index is 0.0651. The molecule has 2 amide bonds. The number of anilines is 1. The summed E-state index contributed by atoms with van der Waals surface area (Å²) in [5.74, 6) is 1.17. The Kier molecular flexibility index (Phi) is 11.8. The summed E-state index contributed by atoms with van der Waals surface area (Å²) in [5, 5.41) is 12.8. The zero-order valence-corrected chi connectivity index (χ0v) is 23.7. The van der Waals surface area contributed by atoms with Crippen molar-refractivity contribution in [3.05, 3.63) is 53.1 Å². The highest BCUT2D eigenvalue weighted by Crippen LogP contribution is 2.28. The maximum Gasteiger partial charge on any atom is 0.227 e. The number of hydrogen-bond acceptors (Lipinski definition) is 7. The van der Waals surface area contributed by atoms with E-state index in [2.05, 4.69) is 22.4 Å². The second kappa shape index (κ2) is 15.3. The van der Waals surface area contributed by atoms with E-state index in [1.54, 1.807) is 31.3 Å². The van der Waals surface area contributed by atoms with E-state index in [0.717, 1.165) is 36.8 Å². The summed E-state index contributed by atoms with van der Waals surface area (Å²) in [5.41, 5.74) is 1.90. The second-order valence-corrected chi connectivity index (χ2v) is 10.3. The molecule has 38 heavy (non-hydrogen) atoms. The Morgan fingerprint density at radius 1 is 0.947 bits per heavy atom. The standard InChI is InChI=1S/C28H35ClN4O4S/c1-4-5-6-7-8-26(35)33(17-15-20-9-14-23(36-2)24(19-20)37-3)18-16-25(34)30-28-32-31-27(38-28)21-10-12-22(29)13-11-21/h9-14,19H,4-8,15-18H2,1-3H3,(H,30,32,34). The van der Waals surface area contributed by atoms with Crippen molar-refractivity contribution in [2.24, 2.45) is 0 Å². The predicted molar refractivity (Wildman–Crippen MR) is 152 cm³/mol. The SMILES string of the molecule is CCCCCCC(=O)N(CCC(=O)Nc1nnc(-c2ccc(Cl)cc2)s1)CCc1ccc(OC)c(OC)c1. The molecule has 1 heterocycles. The molecular formula is C28H35ClN4O4S. The smallest absolute Gasteiger partial charge is 0.227 e. The van der Waals surface area contributed by atoms with E-state index < -0.39 is 0 Å².